The summed E-state index contributed by atoms with van der Waals surface area (Å²) < 4.78 is -2.03. The maximum absolute atomic E-state index is 11.8. The number of anilines is 3. The second-order valence-corrected chi connectivity index (χ2v) is 7.99. The molecule has 2 aromatic carbocycles. The summed E-state index contributed by atoms with van der Waals surface area (Å²) in [4.78, 5) is 20.7. The topological polar surface area (TPSA) is 66.9 Å². The van der Waals surface area contributed by atoms with E-state index in [1.54, 1.807) is 18.2 Å². The minimum atomic E-state index is -2.03. The van der Waals surface area contributed by atoms with Crippen molar-refractivity contribution in [1.29, 1.82) is 0 Å². The number of benzene rings is 2. The lowest BCUT2D eigenvalue weighted by atomic mass is 10.1. The molecule has 27 heavy (non-hydrogen) atoms. The van der Waals surface area contributed by atoms with Crippen molar-refractivity contribution in [2.24, 2.45) is 0 Å². The summed E-state index contributed by atoms with van der Waals surface area (Å²) in [5, 5.41) is 5.76. The van der Waals surface area contributed by atoms with Crippen LogP contribution in [-0.2, 0) is 4.79 Å². The van der Waals surface area contributed by atoms with Crippen LogP contribution in [0.5, 0.6) is 0 Å². The quantitative estimate of drug-likeness (QED) is 0.546. The van der Waals surface area contributed by atoms with Gasteiger partial charge < -0.3 is 10.6 Å². The van der Waals surface area contributed by atoms with Crippen LogP contribution in [0.3, 0.4) is 0 Å². The van der Waals surface area contributed by atoms with Gasteiger partial charge in [-0.25, -0.2) is 9.97 Å². The fraction of sp³-hybridized carbons (Fsp3) is 0.105. The summed E-state index contributed by atoms with van der Waals surface area (Å²) in [6, 6.07) is 18.7. The third-order valence-electron chi connectivity index (χ3n) is 3.56. The zero-order valence-electron chi connectivity index (χ0n) is 14.2. The van der Waals surface area contributed by atoms with Gasteiger partial charge in [-0.05, 0) is 25.1 Å². The number of nitrogens with zero attached hydrogens (tertiary/aromatic N) is 2. The van der Waals surface area contributed by atoms with E-state index in [2.05, 4.69) is 20.6 Å². The Labute approximate surface area is 171 Å². The predicted molar refractivity (Wildman–Crippen MR) is 111 cm³/mol. The van der Waals surface area contributed by atoms with Crippen LogP contribution >= 0.6 is 34.8 Å². The van der Waals surface area contributed by atoms with Crippen molar-refractivity contribution in [3.05, 3.63) is 66.5 Å². The molecule has 0 saturated heterocycles. The Kier molecular flexibility index (Phi) is 5.85. The van der Waals surface area contributed by atoms with E-state index in [1.807, 2.05) is 49.4 Å². The van der Waals surface area contributed by atoms with Crippen LogP contribution < -0.4 is 10.6 Å². The lowest BCUT2D eigenvalue weighted by Gasteiger charge is -2.13. The van der Waals surface area contributed by atoms with Crippen molar-refractivity contribution in [2.45, 2.75) is 10.7 Å². The Hall–Kier alpha value is -2.34. The first-order chi connectivity index (χ1) is 12.8. The molecule has 138 valence electrons. The minimum absolute atomic E-state index is 0.491. The number of carbonyl (C=O) groups excluding carboxylic acids is 1. The highest BCUT2D eigenvalue weighted by atomic mass is 35.6. The lowest BCUT2D eigenvalue weighted by Crippen LogP contribution is -2.26. The number of alkyl halides is 3. The number of halogens is 3. The molecule has 0 fully saturated rings. The van der Waals surface area contributed by atoms with E-state index in [-0.39, 0.29) is 0 Å². The fourth-order valence-electron chi connectivity index (χ4n) is 2.41. The van der Waals surface area contributed by atoms with Gasteiger partial charge in [0.05, 0.1) is 5.69 Å². The molecule has 0 saturated carbocycles. The maximum Gasteiger partial charge on any atom is 0.276 e. The Morgan fingerprint density at radius 1 is 0.926 bits per heavy atom. The number of carbonyl (C=O) groups is 1. The third-order valence-corrected chi connectivity index (χ3v) is 4.07. The molecule has 0 atom stereocenters. The fourth-order valence-corrected chi connectivity index (χ4v) is 2.55. The highest BCUT2D eigenvalue weighted by Gasteiger charge is 2.30. The molecule has 1 aromatic heterocycles. The molecule has 0 unspecified atom stereocenters. The van der Waals surface area contributed by atoms with Crippen LogP contribution in [0.15, 0.2) is 60.7 Å². The summed E-state index contributed by atoms with van der Waals surface area (Å²) in [5.74, 6) is 0.541. The van der Waals surface area contributed by atoms with Gasteiger partial charge in [-0.2, -0.15) is 0 Å². The molecule has 2 N–H and O–H groups in total. The number of nitrogens with one attached hydrogen (secondary N) is 2. The predicted octanol–water partition coefficient (Wildman–Crippen LogP) is 5.50. The number of rotatable bonds is 4. The van der Waals surface area contributed by atoms with E-state index in [1.165, 1.54) is 0 Å². The van der Waals surface area contributed by atoms with Crippen molar-refractivity contribution < 1.29 is 4.79 Å². The number of amides is 1. The number of hydrogen-bond donors (Lipinski definition) is 2. The molecule has 8 heteroatoms. The molecule has 5 nitrogen and oxygen atoms in total. The first kappa shape index (κ1) is 19.4. The van der Waals surface area contributed by atoms with Crippen LogP contribution in [0.2, 0.25) is 0 Å². The summed E-state index contributed by atoms with van der Waals surface area (Å²) in [7, 11) is 0. The van der Waals surface area contributed by atoms with Gasteiger partial charge in [0, 0.05) is 23.0 Å². The van der Waals surface area contributed by atoms with Crippen molar-refractivity contribution in [3.8, 4) is 11.3 Å². The monoisotopic (exact) mass is 420 g/mol. The summed E-state index contributed by atoms with van der Waals surface area (Å²) >= 11 is 16.7. The van der Waals surface area contributed by atoms with E-state index in [0.717, 1.165) is 11.3 Å². The van der Waals surface area contributed by atoms with Crippen LogP contribution in [0.4, 0.5) is 17.2 Å². The summed E-state index contributed by atoms with van der Waals surface area (Å²) in [6.45, 7) is 1.83. The van der Waals surface area contributed by atoms with Gasteiger partial charge in [-0.3, -0.25) is 4.79 Å². The molecule has 0 aliphatic carbocycles. The molecule has 0 spiro atoms. The Balaban J connectivity index is 1.83. The van der Waals surface area contributed by atoms with Gasteiger partial charge in [-0.15, -0.1) is 0 Å². The molecule has 0 aliphatic heterocycles. The molecule has 0 aliphatic rings. The van der Waals surface area contributed by atoms with Gasteiger partial charge in [0.25, 0.3) is 9.70 Å². The molecule has 0 radical (unpaired) electrons. The molecule has 3 aromatic rings. The van der Waals surface area contributed by atoms with Gasteiger partial charge in [0.2, 0.25) is 0 Å². The largest absolute Gasteiger partial charge is 0.340 e. The zero-order chi connectivity index (χ0) is 19.4. The summed E-state index contributed by atoms with van der Waals surface area (Å²) in [6.07, 6.45) is 0. The normalized spacial score (nSPS) is 11.1. The Morgan fingerprint density at radius 2 is 1.63 bits per heavy atom. The SMILES string of the molecule is Cc1nc(Nc2cccc(NC(=O)C(Cl)(Cl)Cl)c2)cc(-c2ccccc2)n1. The van der Waals surface area contributed by atoms with Crippen molar-refractivity contribution in [3.63, 3.8) is 0 Å². The number of aryl methyl sites for hydroxylation is 1. The van der Waals surface area contributed by atoms with Crippen LogP contribution in [-0.4, -0.2) is 19.7 Å². The van der Waals surface area contributed by atoms with Crippen molar-refractivity contribution >= 4 is 57.9 Å². The van der Waals surface area contributed by atoms with Crippen LogP contribution in [0, 0.1) is 6.92 Å². The van der Waals surface area contributed by atoms with E-state index in [4.69, 9.17) is 34.8 Å². The van der Waals surface area contributed by atoms with E-state index in [9.17, 15) is 4.79 Å². The molecule has 1 heterocycles. The molecule has 1 amide bonds. The van der Waals surface area contributed by atoms with E-state index < -0.39 is 9.70 Å². The van der Waals surface area contributed by atoms with Crippen LogP contribution in [0.1, 0.15) is 5.82 Å². The highest BCUT2D eigenvalue weighted by Crippen LogP contribution is 2.28. The Bertz CT molecular complexity index is 959. The molecular formula is C19H15Cl3N4O. The number of hydrogen-bond acceptors (Lipinski definition) is 4. The minimum Gasteiger partial charge on any atom is -0.340 e. The van der Waals surface area contributed by atoms with E-state index >= 15 is 0 Å². The third kappa shape index (κ3) is 5.32. The highest BCUT2D eigenvalue weighted by molar-refractivity contribution is 6.76. The second kappa shape index (κ2) is 8.13. The zero-order valence-corrected chi connectivity index (χ0v) is 16.5. The molecular weight excluding hydrogens is 407 g/mol. The lowest BCUT2D eigenvalue weighted by molar-refractivity contribution is -0.115. The standard InChI is InChI=1S/C19H15Cl3N4O/c1-12-23-16(13-6-3-2-4-7-13)11-17(24-12)25-14-8-5-9-15(10-14)26-18(27)19(20,21)22/h2-11H,1H3,(H,26,27)(H,23,24,25). The number of aromatic nitrogens is 2. The maximum atomic E-state index is 11.8. The van der Waals surface area contributed by atoms with Gasteiger partial charge in [0.1, 0.15) is 11.6 Å². The molecule has 3 rings (SSSR count). The first-order valence-electron chi connectivity index (χ1n) is 7.97. The van der Waals surface area contributed by atoms with Crippen molar-refractivity contribution in [1.82, 2.24) is 9.97 Å². The smallest absolute Gasteiger partial charge is 0.276 e. The van der Waals surface area contributed by atoms with Gasteiger partial charge in [0.15, 0.2) is 0 Å². The molecule has 0 bridgehead atoms. The van der Waals surface area contributed by atoms with Crippen LogP contribution in [0.25, 0.3) is 11.3 Å². The van der Waals surface area contributed by atoms with Gasteiger partial charge in [-0.1, -0.05) is 71.2 Å². The van der Waals surface area contributed by atoms with E-state index in [0.29, 0.717) is 23.0 Å². The summed E-state index contributed by atoms with van der Waals surface area (Å²) in [5.41, 5.74) is 3.01. The first-order valence-corrected chi connectivity index (χ1v) is 9.11. The Morgan fingerprint density at radius 3 is 2.33 bits per heavy atom. The van der Waals surface area contributed by atoms with Crippen molar-refractivity contribution in [2.75, 3.05) is 10.6 Å². The average molecular weight is 422 g/mol. The van der Waals surface area contributed by atoms with Gasteiger partial charge >= 0.3 is 0 Å². The average Bonchev–Trinajstić information content (AvgIpc) is 2.61. The second-order valence-electron chi connectivity index (χ2n) is 5.71.